The van der Waals surface area contributed by atoms with Crippen molar-refractivity contribution in [2.45, 2.75) is 32.4 Å². The second-order valence-electron chi connectivity index (χ2n) is 3.05. The van der Waals surface area contributed by atoms with Crippen LogP contribution in [-0.4, -0.2) is 14.9 Å². The van der Waals surface area contributed by atoms with Crippen molar-refractivity contribution in [1.29, 1.82) is 0 Å². The predicted molar refractivity (Wildman–Crippen MR) is 53.8 cm³/mol. The van der Waals surface area contributed by atoms with Crippen LogP contribution in [0.5, 0.6) is 0 Å². The van der Waals surface area contributed by atoms with E-state index in [1.165, 1.54) is 18.5 Å². The van der Waals surface area contributed by atoms with Crippen LogP contribution in [0.15, 0.2) is 0 Å². The number of rotatable bonds is 1. The van der Waals surface area contributed by atoms with Crippen LogP contribution in [0.4, 0.5) is 0 Å². The van der Waals surface area contributed by atoms with Crippen molar-refractivity contribution in [3.8, 4) is 0 Å². The van der Waals surface area contributed by atoms with Gasteiger partial charge in [0.25, 0.3) is 0 Å². The Balaban J connectivity index is 2.44. The van der Waals surface area contributed by atoms with E-state index in [1.54, 1.807) is 0 Å². The third-order valence-corrected chi connectivity index (χ3v) is 3.49. The summed E-state index contributed by atoms with van der Waals surface area (Å²) in [6, 6.07) is 0. The SMILES string of the molecule is OCc1nn2c(c1I)CCCC2. The number of halogens is 1. The molecule has 0 aliphatic carbocycles. The number of aliphatic hydroxyl groups is 1. The van der Waals surface area contributed by atoms with E-state index in [-0.39, 0.29) is 6.61 Å². The first-order valence-electron chi connectivity index (χ1n) is 4.18. The molecule has 1 aromatic heterocycles. The number of aromatic nitrogens is 2. The molecule has 0 fully saturated rings. The van der Waals surface area contributed by atoms with Crippen molar-refractivity contribution in [3.63, 3.8) is 0 Å². The van der Waals surface area contributed by atoms with E-state index in [4.69, 9.17) is 5.11 Å². The lowest BCUT2D eigenvalue weighted by Gasteiger charge is -2.12. The molecule has 66 valence electrons. The highest BCUT2D eigenvalue weighted by atomic mass is 127. The van der Waals surface area contributed by atoms with Gasteiger partial charge in [0.15, 0.2) is 0 Å². The Morgan fingerprint density at radius 3 is 3.00 bits per heavy atom. The van der Waals surface area contributed by atoms with E-state index in [0.29, 0.717) is 0 Å². The molecule has 1 N–H and O–H groups in total. The molecule has 2 heterocycles. The molecule has 0 aromatic carbocycles. The average Bonchev–Trinajstić information content (AvgIpc) is 2.44. The molecule has 4 heteroatoms. The summed E-state index contributed by atoms with van der Waals surface area (Å²) in [7, 11) is 0. The van der Waals surface area contributed by atoms with Crippen LogP contribution in [0.25, 0.3) is 0 Å². The van der Waals surface area contributed by atoms with E-state index in [9.17, 15) is 0 Å². The topological polar surface area (TPSA) is 38.1 Å². The molecule has 1 aromatic rings. The molecule has 0 saturated carbocycles. The summed E-state index contributed by atoms with van der Waals surface area (Å²) in [4.78, 5) is 0. The molecule has 0 unspecified atom stereocenters. The molecule has 0 radical (unpaired) electrons. The molecular formula is C8H11IN2O. The van der Waals surface area contributed by atoms with Crippen molar-refractivity contribution < 1.29 is 5.11 Å². The second-order valence-corrected chi connectivity index (χ2v) is 4.12. The first-order valence-corrected chi connectivity index (χ1v) is 5.25. The van der Waals surface area contributed by atoms with Crippen LogP contribution < -0.4 is 0 Å². The van der Waals surface area contributed by atoms with Gasteiger partial charge < -0.3 is 5.11 Å². The summed E-state index contributed by atoms with van der Waals surface area (Å²) < 4.78 is 3.20. The maximum absolute atomic E-state index is 8.99. The van der Waals surface area contributed by atoms with Gasteiger partial charge in [-0.2, -0.15) is 5.10 Å². The zero-order valence-electron chi connectivity index (χ0n) is 6.76. The van der Waals surface area contributed by atoms with E-state index in [0.717, 1.165) is 22.2 Å². The highest BCUT2D eigenvalue weighted by Crippen LogP contribution is 2.22. The molecule has 0 amide bonds. The summed E-state index contributed by atoms with van der Waals surface area (Å²) in [5.41, 5.74) is 2.15. The third-order valence-electron chi connectivity index (χ3n) is 2.24. The maximum Gasteiger partial charge on any atom is 0.101 e. The number of hydrogen-bond acceptors (Lipinski definition) is 2. The zero-order chi connectivity index (χ0) is 8.55. The second kappa shape index (κ2) is 3.33. The fourth-order valence-electron chi connectivity index (χ4n) is 1.61. The first kappa shape index (κ1) is 8.50. The number of aryl methyl sites for hydroxylation is 1. The van der Waals surface area contributed by atoms with E-state index < -0.39 is 0 Å². The van der Waals surface area contributed by atoms with Crippen LogP contribution in [0, 0.1) is 3.57 Å². The van der Waals surface area contributed by atoms with Gasteiger partial charge in [-0.3, -0.25) is 4.68 Å². The van der Waals surface area contributed by atoms with E-state index >= 15 is 0 Å². The maximum atomic E-state index is 8.99. The van der Waals surface area contributed by atoms with Gasteiger partial charge in [0.1, 0.15) is 5.69 Å². The van der Waals surface area contributed by atoms with Crippen molar-refractivity contribution >= 4 is 22.6 Å². The molecule has 0 spiro atoms. The third kappa shape index (κ3) is 1.26. The summed E-state index contributed by atoms with van der Waals surface area (Å²) in [5.74, 6) is 0. The minimum atomic E-state index is 0.0677. The Bertz CT molecular complexity index is 295. The summed E-state index contributed by atoms with van der Waals surface area (Å²) in [5, 5.41) is 13.3. The summed E-state index contributed by atoms with van der Waals surface area (Å²) >= 11 is 2.28. The van der Waals surface area contributed by atoms with Crippen LogP contribution >= 0.6 is 22.6 Å². The van der Waals surface area contributed by atoms with Crippen LogP contribution in [0.3, 0.4) is 0 Å². The Morgan fingerprint density at radius 2 is 2.33 bits per heavy atom. The van der Waals surface area contributed by atoms with E-state index in [2.05, 4.69) is 27.7 Å². The fraction of sp³-hybridized carbons (Fsp3) is 0.625. The zero-order valence-corrected chi connectivity index (χ0v) is 8.91. The Hall–Kier alpha value is -0.100. The van der Waals surface area contributed by atoms with Gasteiger partial charge in [-0.05, 0) is 41.9 Å². The Labute approximate surface area is 84.9 Å². The monoisotopic (exact) mass is 278 g/mol. The molecule has 1 aliphatic rings. The molecule has 2 rings (SSSR count). The number of aliphatic hydroxyl groups excluding tert-OH is 1. The van der Waals surface area contributed by atoms with Crippen LogP contribution in [-0.2, 0) is 19.6 Å². The molecule has 1 aliphatic heterocycles. The Morgan fingerprint density at radius 1 is 1.50 bits per heavy atom. The van der Waals surface area contributed by atoms with Crippen LogP contribution in [0.2, 0.25) is 0 Å². The standard InChI is InChI=1S/C8H11IN2O/c9-8-6(5-12)10-11-4-2-1-3-7(8)11/h12H,1-5H2. The minimum absolute atomic E-state index is 0.0677. The fourth-order valence-corrected chi connectivity index (χ4v) is 2.44. The lowest BCUT2D eigenvalue weighted by molar-refractivity contribution is 0.274. The molecular weight excluding hydrogens is 267 g/mol. The van der Waals surface area contributed by atoms with Gasteiger partial charge >= 0.3 is 0 Å². The van der Waals surface area contributed by atoms with Gasteiger partial charge in [-0.15, -0.1) is 0 Å². The van der Waals surface area contributed by atoms with Crippen molar-refractivity contribution in [3.05, 3.63) is 15.0 Å². The molecule has 12 heavy (non-hydrogen) atoms. The van der Waals surface area contributed by atoms with Crippen LogP contribution in [0.1, 0.15) is 24.2 Å². The lowest BCUT2D eigenvalue weighted by atomic mass is 10.1. The quantitative estimate of drug-likeness (QED) is 0.787. The number of fused-ring (bicyclic) bond motifs is 1. The molecule has 0 bridgehead atoms. The molecule has 0 atom stereocenters. The van der Waals surface area contributed by atoms with Crippen molar-refractivity contribution in [1.82, 2.24) is 9.78 Å². The predicted octanol–water partition coefficient (Wildman–Crippen LogP) is 1.32. The smallest absolute Gasteiger partial charge is 0.101 e. The normalized spacial score (nSPS) is 16.2. The van der Waals surface area contributed by atoms with Gasteiger partial charge in [-0.1, -0.05) is 0 Å². The van der Waals surface area contributed by atoms with Gasteiger partial charge in [0.2, 0.25) is 0 Å². The summed E-state index contributed by atoms with van der Waals surface area (Å²) in [6.45, 7) is 1.09. The highest BCUT2D eigenvalue weighted by Gasteiger charge is 2.17. The Kier molecular flexibility index (Phi) is 2.36. The first-order chi connectivity index (χ1) is 5.83. The van der Waals surface area contributed by atoms with Crippen molar-refractivity contribution in [2.75, 3.05) is 0 Å². The lowest BCUT2D eigenvalue weighted by Crippen LogP contribution is -2.11. The number of hydrogen-bond donors (Lipinski definition) is 1. The van der Waals surface area contributed by atoms with Crippen molar-refractivity contribution in [2.24, 2.45) is 0 Å². The molecule has 0 saturated heterocycles. The van der Waals surface area contributed by atoms with Gasteiger partial charge in [0, 0.05) is 6.54 Å². The average molecular weight is 278 g/mol. The summed E-state index contributed by atoms with van der Waals surface area (Å²) in [6.07, 6.45) is 3.59. The van der Waals surface area contributed by atoms with Gasteiger partial charge in [0.05, 0.1) is 15.9 Å². The number of nitrogens with zero attached hydrogens (tertiary/aromatic N) is 2. The minimum Gasteiger partial charge on any atom is -0.390 e. The largest absolute Gasteiger partial charge is 0.390 e. The van der Waals surface area contributed by atoms with E-state index in [1.807, 2.05) is 4.68 Å². The highest BCUT2D eigenvalue weighted by molar-refractivity contribution is 14.1. The molecule has 3 nitrogen and oxygen atoms in total. The van der Waals surface area contributed by atoms with Gasteiger partial charge in [-0.25, -0.2) is 0 Å².